The van der Waals surface area contributed by atoms with Gasteiger partial charge in [0.05, 0.1) is 12.0 Å². The van der Waals surface area contributed by atoms with Gasteiger partial charge in [-0.2, -0.15) is 0 Å². The summed E-state index contributed by atoms with van der Waals surface area (Å²) in [5.41, 5.74) is 1.95. The third-order valence-electron chi connectivity index (χ3n) is 4.62. The quantitative estimate of drug-likeness (QED) is 0.907. The molecule has 3 rings (SSSR count). The third-order valence-corrected chi connectivity index (χ3v) is 5.12. The minimum Gasteiger partial charge on any atom is -0.384 e. The van der Waals surface area contributed by atoms with Gasteiger partial charge in [0.25, 0.3) is 0 Å². The Kier molecular flexibility index (Phi) is 4.33. The fourth-order valence-corrected chi connectivity index (χ4v) is 3.80. The first kappa shape index (κ1) is 15.0. The molecule has 0 aliphatic carbocycles. The van der Waals surface area contributed by atoms with Crippen molar-refractivity contribution in [2.45, 2.75) is 19.3 Å². The fourth-order valence-electron chi connectivity index (χ4n) is 3.45. The number of carbonyl (C=O) groups is 1. The van der Waals surface area contributed by atoms with Crippen LogP contribution < -0.4 is 10.2 Å². The molecule has 0 unspecified atom stereocenters. The molecule has 2 heterocycles. The summed E-state index contributed by atoms with van der Waals surface area (Å²) in [5.74, 6) is 0.225. The molecule has 0 atom stereocenters. The third kappa shape index (κ3) is 2.74. The molecular formula is C16H21BrN2O2. The molecule has 5 heteroatoms. The van der Waals surface area contributed by atoms with Gasteiger partial charge in [0, 0.05) is 23.8 Å². The molecule has 0 radical (unpaired) electrons. The van der Waals surface area contributed by atoms with Crippen molar-refractivity contribution in [3.05, 3.63) is 28.2 Å². The second-order valence-electron chi connectivity index (χ2n) is 5.94. The predicted molar refractivity (Wildman–Crippen MR) is 86.6 cm³/mol. The molecule has 1 saturated heterocycles. The standard InChI is InChI=1S/C16H21BrN2O2/c1-21-11-16(5-7-18-8-6-16)15(20)19-9-4-12-2-3-13(17)10-14(12)19/h2-3,10,18H,4-9,11H2,1H3. The Morgan fingerprint density at radius 1 is 1.43 bits per heavy atom. The molecule has 1 fully saturated rings. The van der Waals surface area contributed by atoms with Crippen LogP contribution in [0, 0.1) is 5.41 Å². The van der Waals surface area contributed by atoms with Gasteiger partial charge < -0.3 is 15.0 Å². The Bertz CT molecular complexity index is 536. The second kappa shape index (κ2) is 6.07. The summed E-state index contributed by atoms with van der Waals surface area (Å²) < 4.78 is 6.41. The SMILES string of the molecule is COCC1(C(=O)N2CCc3ccc(Br)cc32)CCNCC1. The highest BCUT2D eigenvalue weighted by atomic mass is 79.9. The van der Waals surface area contributed by atoms with Crippen LogP contribution >= 0.6 is 15.9 Å². The molecule has 0 saturated carbocycles. The van der Waals surface area contributed by atoms with Crippen molar-refractivity contribution >= 4 is 27.5 Å². The van der Waals surface area contributed by atoms with Crippen LogP contribution in [0.15, 0.2) is 22.7 Å². The maximum absolute atomic E-state index is 13.2. The topological polar surface area (TPSA) is 41.6 Å². The first-order chi connectivity index (χ1) is 10.2. The lowest BCUT2D eigenvalue weighted by Crippen LogP contribution is -2.51. The number of nitrogens with zero attached hydrogens (tertiary/aromatic N) is 1. The minimum absolute atomic E-state index is 0.225. The molecule has 21 heavy (non-hydrogen) atoms. The van der Waals surface area contributed by atoms with Gasteiger partial charge in [0.15, 0.2) is 0 Å². The highest BCUT2D eigenvalue weighted by molar-refractivity contribution is 9.10. The molecule has 4 nitrogen and oxygen atoms in total. The van der Waals surface area contributed by atoms with Crippen molar-refractivity contribution in [3.63, 3.8) is 0 Å². The molecular weight excluding hydrogens is 332 g/mol. The first-order valence-corrected chi connectivity index (χ1v) is 8.26. The highest BCUT2D eigenvalue weighted by Crippen LogP contribution is 2.38. The lowest BCUT2D eigenvalue weighted by molar-refractivity contribution is -0.133. The molecule has 1 N–H and O–H groups in total. The van der Waals surface area contributed by atoms with Gasteiger partial charge in [-0.1, -0.05) is 22.0 Å². The maximum Gasteiger partial charge on any atom is 0.235 e. The summed E-state index contributed by atoms with van der Waals surface area (Å²) >= 11 is 3.51. The molecule has 2 aliphatic heterocycles. The summed E-state index contributed by atoms with van der Waals surface area (Å²) in [5, 5.41) is 3.34. The molecule has 2 aliphatic rings. The lowest BCUT2D eigenvalue weighted by atomic mass is 9.78. The van der Waals surface area contributed by atoms with Crippen LogP contribution in [0.25, 0.3) is 0 Å². The molecule has 1 amide bonds. The molecule has 0 aromatic heterocycles. The smallest absolute Gasteiger partial charge is 0.235 e. The number of methoxy groups -OCH3 is 1. The fraction of sp³-hybridized carbons (Fsp3) is 0.562. The number of carbonyl (C=O) groups excluding carboxylic acids is 1. The minimum atomic E-state index is -0.371. The van der Waals surface area contributed by atoms with Crippen LogP contribution in [0.3, 0.4) is 0 Å². The Balaban J connectivity index is 1.90. The van der Waals surface area contributed by atoms with Crippen LogP contribution in [0.1, 0.15) is 18.4 Å². The maximum atomic E-state index is 13.2. The van der Waals surface area contributed by atoms with Crippen LogP contribution in [0.2, 0.25) is 0 Å². The van der Waals surface area contributed by atoms with Gasteiger partial charge in [-0.3, -0.25) is 4.79 Å². The number of ether oxygens (including phenoxy) is 1. The number of fused-ring (bicyclic) bond motifs is 1. The van der Waals surface area contributed by atoms with Crippen LogP contribution in [-0.4, -0.2) is 39.3 Å². The summed E-state index contributed by atoms with van der Waals surface area (Å²) in [6.07, 6.45) is 2.63. The molecule has 1 aromatic rings. The molecule has 114 valence electrons. The highest BCUT2D eigenvalue weighted by Gasteiger charge is 2.43. The van der Waals surface area contributed by atoms with Crippen molar-refractivity contribution in [1.82, 2.24) is 5.32 Å². The van der Waals surface area contributed by atoms with E-state index in [1.165, 1.54) is 5.56 Å². The Labute approximate surface area is 134 Å². The Morgan fingerprint density at radius 3 is 2.90 bits per heavy atom. The summed E-state index contributed by atoms with van der Waals surface area (Å²) in [6.45, 7) is 3.05. The number of rotatable bonds is 3. The zero-order valence-corrected chi connectivity index (χ0v) is 13.9. The van der Waals surface area contributed by atoms with E-state index in [-0.39, 0.29) is 11.3 Å². The van der Waals surface area contributed by atoms with E-state index in [4.69, 9.17) is 4.74 Å². The number of hydrogen-bond acceptors (Lipinski definition) is 3. The number of hydrogen-bond donors (Lipinski definition) is 1. The zero-order chi connectivity index (χ0) is 14.9. The van der Waals surface area contributed by atoms with Gasteiger partial charge in [-0.05, 0) is 50.0 Å². The van der Waals surface area contributed by atoms with E-state index in [0.29, 0.717) is 6.61 Å². The van der Waals surface area contributed by atoms with E-state index in [9.17, 15) is 4.79 Å². The van der Waals surface area contributed by atoms with Crippen molar-refractivity contribution < 1.29 is 9.53 Å². The van der Waals surface area contributed by atoms with E-state index in [0.717, 1.165) is 49.1 Å². The Morgan fingerprint density at radius 2 is 2.19 bits per heavy atom. The number of anilines is 1. The van der Waals surface area contributed by atoms with E-state index in [1.54, 1.807) is 7.11 Å². The van der Waals surface area contributed by atoms with Crippen molar-refractivity contribution in [2.75, 3.05) is 38.3 Å². The van der Waals surface area contributed by atoms with E-state index in [1.807, 2.05) is 11.0 Å². The monoisotopic (exact) mass is 352 g/mol. The lowest BCUT2D eigenvalue weighted by Gasteiger charge is -2.38. The summed E-state index contributed by atoms with van der Waals surface area (Å²) in [4.78, 5) is 15.2. The number of nitrogens with one attached hydrogen (secondary N) is 1. The van der Waals surface area contributed by atoms with Gasteiger partial charge in [0.2, 0.25) is 5.91 Å². The van der Waals surface area contributed by atoms with Gasteiger partial charge in [-0.15, -0.1) is 0 Å². The predicted octanol–water partition coefficient (Wildman–Crippen LogP) is 2.35. The van der Waals surface area contributed by atoms with Crippen LogP contribution in [-0.2, 0) is 16.0 Å². The number of benzene rings is 1. The average Bonchev–Trinajstić information content (AvgIpc) is 2.90. The summed E-state index contributed by atoms with van der Waals surface area (Å²) in [6, 6.07) is 6.21. The van der Waals surface area contributed by atoms with Crippen molar-refractivity contribution in [1.29, 1.82) is 0 Å². The molecule has 0 spiro atoms. The number of piperidine rings is 1. The number of amides is 1. The largest absolute Gasteiger partial charge is 0.384 e. The van der Waals surface area contributed by atoms with Crippen LogP contribution in [0.4, 0.5) is 5.69 Å². The Hall–Kier alpha value is -0.910. The normalized spacial score (nSPS) is 20.4. The van der Waals surface area contributed by atoms with Gasteiger partial charge >= 0.3 is 0 Å². The van der Waals surface area contributed by atoms with E-state index >= 15 is 0 Å². The van der Waals surface area contributed by atoms with Gasteiger partial charge in [0.1, 0.15) is 0 Å². The van der Waals surface area contributed by atoms with Crippen molar-refractivity contribution in [3.8, 4) is 0 Å². The van der Waals surface area contributed by atoms with E-state index in [2.05, 4.69) is 33.4 Å². The van der Waals surface area contributed by atoms with Gasteiger partial charge in [-0.25, -0.2) is 0 Å². The van der Waals surface area contributed by atoms with Crippen LogP contribution in [0.5, 0.6) is 0 Å². The molecule has 0 bridgehead atoms. The summed E-state index contributed by atoms with van der Waals surface area (Å²) in [7, 11) is 1.69. The zero-order valence-electron chi connectivity index (χ0n) is 12.3. The average molecular weight is 353 g/mol. The van der Waals surface area contributed by atoms with Crippen molar-refractivity contribution in [2.24, 2.45) is 5.41 Å². The second-order valence-corrected chi connectivity index (χ2v) is 6.86. The first-order valence-electron chi connectivity index (χ1n) is 7.46. The van der Waals surface area contributed by atoms with E-state index < -0.39 is 0 Å². The molecule has 1 aromatic carbocycles. The number of halogens is 1.